The maximum Gasteiger partial charge on any atom is 0.272 e. The molecule has 1 aliphatic rings. The molecular formula is C21H25N3O3. The van der Waals surface area contributed by atoms with Crippen molar-refractivity contribution in [2.75, 3.05) is 33.3 Å². The van der Waals surface area contributed by atoms with E-state index in [0.717, 1.165) is 22.4 Å². The molecule has 142 valence electrons. The van der Waals surface area contributed by atoms with Crippen LogP contribution < -0.4 is 4.74 Å². The Morgan fingerprint density at radius 2 is 1.70 bits per heavy atom. The highest BCUT2D eigenvalue weighted by atomic mass is 16.5. The van der Waals surface area contributed by atoms with E-state index in [1.807, 2.05) is 30.9 Å². The fraction of sp³-hybridized carbons (Fsp3) is 0.381. The number of methoxy groups -OCH3 is 1. The fourth-order valence-corrected chi connectivity index (χ4v) is 3.35. The predicted octanol–water partition coefficient (Wildman–Crippen LogP) is 2.23. The van der Waals surface area contributed by atoms with Gasteiger partial charge in [0.2, 0.25) is 5.91 Å². The Morgan fingerprint density at radius 1 is 1.00 bits per heavy atom. The Morgan fingerprint density at radius 3 is 2.33 bits per heavy atom. The number of pyridine rings is 1. The van der Waals surface area contributed by atoms with Crippen molar-refractivity contribution >= 4 is 11.8 Å². The lowest BCUT2D eigenvalue weighted by Gasteiger charge is -2.34. The number of amides is 2. The minimum atomic E-state index is -0.0793. The first kappa shape index (κ1) is 18.9. The van der Waals surface area contributed by atoms with Gasteiger partial charge in [-0.2, -0.15) is 0 Å². The van der Waals surface area contributed by atoms with Crippen LogP contribution in [-0.4, -0.2) is 59.9 Å². The molecule has 1 aliphatic heterocycles. The zero-order valence-electron chi connectivity index (χ0n) is 16.1. The van der Waals surface area contributed by atoms with Crippen LogP contribution in [0.2, 0.25) is 0 Å². The van der Waals surface area contributed by atoms with E-state index in [2.05, 4.69) is 4.98 Å². The van der Waals surface area contributed by atoms with Gasteiger partial charge in [0.1, 0.15) is 11.4 Å². The van der Waals surface area contributed by atoms with Crippen molar-refractivity contribution in [2.45, 2.75) is 20.3 Å². The second-order valence-electron chi connectivity index (χ2n) is 6.74. The molecule has 0 aliphatic carbocycles. The third-order valence-corrected chi connectivity index (χ3v) is 5.21. The Bertz CT molecular complexity index is 828. The lowest BCUT2D eigenvalue weighted by atomic mass is 9.99. The van der Waals surface area contributed by atoms with Gasteiger partial charge in [-0.25, -0.2) is 0 Å². The van der Waals surface area contributed by atoms with Crippen molar-refractivity contribution in [3.05, 3.63) is 58.9 Å². The predicted molar refractivity (Wildman–Crippen MR) is 103 cm³/mol. The molecule has 0 radical (unpaired) electrons. The Hall–Kier alpha value is -2.89. The molecule has 0 spiro atoms. The molecule has 1 saturated heterocycles. The first-order valence-electron chi connectivity index (χ1n) is 9.12. The molecule has 0 N–H and O–H groups in total. The molecule has 6 nitrogen and oxygen atoms in total. The number of piperazine rings is 1. The van der Waals surface area contributed by atoms with Crippen LogP contribution in [0.25, 0.3) is 0 Å². The zero-order valence-corrected chi connectivity index (χ0v) is 16.1. The highest BCUT2D eigenvalue weighted by Gasteiger charge is 2.25. The number of ether oxygens (including phenoxy) is 1. The van der Waals surface area contributed by atoms with Crippen molar-refractivity contribution in [3.8, 4) is 5.75 Å². The highest BCUT2D eigenvalue weighted by molar-refractivity contribution is 5.92. The average molecular weight is 367 g/mol. The normalized spacial score (nSPS) is 14.2. The Kier molecular flexibility index (Phi) is 5.74. The van der Waals surface area contributed by atoms with Crippen LogP contribution in [0.1, 0.15) is 27.2 Å². The van der Waals surface area contributed by atoms with Crippen LogP contribution >= 0.6 is 0 Å². The molecular weight excluding hydrogens is 342 g/mol. The molecule has 2 amide bonds. The van der Waals surface area contributed by atoms with Gasteiger partial charge in [-0.3, -0.25) is 14.6 Å². The number of hydrogen-bond donors (Lipinski definition) is 0. The summed E-state index contributed by atoms with van der Waals surface area (Å²) in [6, 6.07) is 9.18. The van der Waals surface area contributed by atoms with Gasteiger partial charge in [0.25, 0.3) is 5.91 Å². The second-order valence-corrected chi connectivity index (χ2v) is 6.74. The summed E-state index contributed by atoms with van der Waals surface area (Å²) in [5.74, 6) is 0.849. The number of rotatable bonds is 4. The highest BCUT2D eigenvalue weighted by Crippen LogP contribution is 2.24. The van der Waals surface area contributed by atoms with E-state index in [4.69, 9.17) is 4.74 Å². The first-order valence-corrected chi connectivity index (χ1v) is 9.12. The van der Waals surface area contributed by atoms with Crippen LogP contribution in [0.4, 0.5) is 0 Å². The van der Waals surface area contributed by atoms with Gasteiger partial charge < -0.3 is 14.5 Å². The van der Waals surface area contributed by atoms with Gasteiger partial charge in [-0.15, -0.1) is 0 Å². The minimum Gasteiger partial charge on any atom is -0.496 e. The summed E-state index contributed by atoms with van der Waals surface area (Å²) in [7, 11) is 1.65. The molecule has 3 rings (SSSR count). The van der Waals surface area contributed by atoms with Crippen molar-refractivity contribution in [1.29, 1.82) is 0 Å². The van der Waals surface area contributed by atoms with Crippen molar-refractivity contribution < 1.29 is 14.3 Å². The molecule has 27 heavy (non-hydrogen) atoms. The third kappa shape index (κ3) is 4.10. The molecule has 1 aromatic heterocycles. The van der Waals surface area contributed by atoms with Crippen LogP contribution in [0, 0.1) is 13.8 Å². The van der Waals surface area contributed by atoms with E-state index in [9.17, 15) is 9.59 Å². The summed E-state index contributed by atoms with van der Waals surface area (Å²) in [5, 5.41) is 0. The lowest BCUT2D eigenvalue weighted by molar-refractivity contribution is -0.131. The summed E-state index contributed by atoms with van der Waals surface area (Å²) < 4.78 is 5.33. The zero-order chi connectivity index (χ0) is 19.4. The van der Waals surface area contributed by atoms with Gasteiger partial charge in [0.05, 0.1) is 13.5 Å². The summed E-state index contributed by atoms with van der Waals surface area (Å²) in [6.07, 6.45) is 1.98. The summed E-state index contributed by atoms with van der Waals surface area (Å²) >= 11 is 0. The maximum absolute atomic E-state index is 12.7. The van der Waals surface area contributed by atoms with E-state index in [0.29, 0.717) is 38.3 Å². The van der Waals surface area contributed by atoms with Crippen LogP contribution in [0.3, 0.4) is 0 Å². The molecule has 2 aromatic rings. The van der Waals surface area contributed by atoms with E-state index < -0.39 is 0 Å². The molecule has 1 aromatic carbocycles. The molecule has 0 unspecified atom stereocenters. The van der Waals surface area contributed by atoms with Crippen molar-refractivity contribution in [1.82, 2.24) is 14.8 Å². The minimum absolute atomic E-state index is 0.0793. The molecule has 2 heterocycles. The number of hydrogen-bond acceptors (Lipinski definition) is 4. The summed E-state index contributed by atoms with van der Waals surface area (Å²) in [5.41, 5.74) is 3.62. The first-order chi connectivity index (χ1) is 13.0. The average Bonchev–Trinajstić information content (AvgIpc) is 2.72. The topological polar surface area (TPSA) is 62.7 Å². The Labute approximate surface area is 159 Å². The maximum atomic E-state index is 12.7. The van der Waals surface area contributed by atoms with E-state index in [1.54, 1.807) is 36.4 Å². The van der Waals surface area contributed by atoms with Crippen molar-refractivity contribution in [2.24, 2.45) is 0 Å². The van der Waals surface area contributed by atoms with Gasteiger partial charge in [0.15, 0.2) is 0 Å². The lowest BCUT2D eigenvalue weighted by Crippen LogP contribution is -2.51. The standard InChI is InChI=1S/C21H25N3O3/c1-15-16(2)19(27-3)8-7-17(15)14-20(25)23-10-12-24(13-11-23)21(26)18-6-4-5-9-22-18/h4-9H,10-14H2,1-3H3. The quantitative estimate of drug-likeness (QED) is 0.831. The van der Waals surface area contributed by atoms with E-state index in [1.165, 1.54) is 0 Å². The summed E-state index contributed by atoms with van der Waals surface area (Å²) in [6.45, 7) is 6.18. The number of aromatic nitrogens is 1. The monoisotopic (exact) mass is 367 g/mol. The molecule has 0 saturated carbocycles. The van der Waals surface area contributed by atoms with Gasteiger partial charge in [-0.05, 0) is 48.7 Å². The van der Waals surface area contributed by atoms with Gasteiger partial charge in [0, 0.05) is 32.4 Å². The molecule has 6 heteroatoms. The van der Waals surface area contributed by atoms with Crippen molar-refractivity contribution in [3.63, 3.8) is 0 Å². The van der Waals surface area contributed by atoms with Crippen LogP contribution in [0.15, 0.2) is 36.5 Å². The second kappa shape index (κ2) is 8.20. The van der Waals surface area contributed by atoms with Crippen LogP contribution in [-0.2, 0) is 11.2 Å². The molecule has 0 atom stereocenters. The third-order valence-electron chi connectivity index (χ3n) is 5.21. The number of nitrogens with zero attached hydrogens (tertiary/aromatic N) is 3. The van der Waals surface area contributed by atoms with Gasteiger partial charge >= 0.3 is 0 Å². The number of carbonyl (C=O) groups is 2. The molecule has 1 fully saturated rings. The van der Waals surface area contributed by atoms with E-state index >= 15 is 0 Å². The Balaban J connectivity index is 1.59. The number of benzene rings is 1. The van der Waals surface area contributed by atoms with E-state index in [-0.39, 0.29) is 11.8 Å². The number of carbonyl (C=O) groups excluding carboxylic acids is 2. The SMILES string of the molecule is COc1ccc(CC(=O)N2CCN(C(=O)c3ccccn3)CC2)c(C)c1C. The summed E-state index contributed by atoms with van der Waals surface area (Å²) in [4.78, 5) is 32.9. The van der Waals surface area contributed by atoms with Gasteiger partial charge in [-0.1, -0.05) is 12.1 Å². The van der Waals surface area contributed by atoms with Crippen LogP contribution in [0.5, 0.6) is 5.75 Å². The largest absolute Gasteiger partial charge is 0.496 e. The smallest absolute Gasteiger partial charge is 0.272 e. The fourth-order valence-electron chi connectivity index (χ4n) is 3.35. The molecule has 0 bridgehead atoms.